The molecule has 7 heteroatoms. The molecule has 5 nitrogen and oxygen atoms in total. The highest BCUT2D eigenvalue weighted by Crippen LogP contribution is 2.59. The zero-order chi connectivity index (χ0) is 20.0. The van der Waals surface area contributed by atoms with E-state index in [1.54, 1.807) is 0 Å². The molecule has 160 valence electrons. The topological polar surface area (TPSA) is 65.5 Å². The largest absolute Gasteiger partial charge is 0.396 e. The molecule has 4 saturated carbocycles. The smallest absolute Gasteiger partial charge is 0.264 e. The van der Waals surface area contributed by atoms with Crippen LogP contribution in [0.25, 0.3) is 0 Å². The molecule has 1 atom stereocenters. The molecular formula is C22H32ClN3O2S. The minimum absolute atomic E-state index is 0.0646. The minimum atomic E-state index is -0.0646. The van der Waals surface area contributed by atoms with Gasteiger partial charge in [-0.1, -0.05) is 22.9 Å². The molecule has 5 aliphatic rings. The minimum Gasteiger partial charge on any atom is -0.396 e. The quantitative estimate of drug-likeness (QED) is 0.688. The molecule has 6 rings (SSSR count). The van der Waals surface area contributed by atoms with Gasteiger partial charge in [-0.15, -0.1) is 0 Å². The summed E-state index contributed by atoms with van der Waals surface area (Å²) in [5.41, 5.74) is 0.323. The Kier molecular flexibility index (Phi) is 5.54. The average Bonchev–Trinajstić information content (AvgIpc) is 3.07. The summed E-state index contributed by atoms with van der Waals surface area (Å²) in [6, 6.07) is 0.291. The van der Waals surface area contributed by atoms with Crippen LogP contribution < -0.4 is 10.2 Å². The molecule has 2 heterocycles. The van der Waals surface area contributed by atoms with Gasteiger partial charge in [-0.25, -0.2) is 4.98 Å². The van der Waals surface area contributed by atoms with Crippen molar-refractivity contribution in [1.29, 1.82) is 0 Å². The molecule has 1 aromatic heterocycles. The Morgan fingerprint density at radius 1 is 1.21 bits per heavy atom. The number of aromatic nitrogens is 1. The third-order valence-corrected chi connectivity index (χ3v) is 9.38. The number of halogens is 1. The molecule has 1 aliphatic heterocycles. The zero-order valence-electron chi connectivity index (χ0n) is 17.0. The molecule has 1 aromatic rings. The monoisotopic (exact) mass is 437 g/mol. The number of hydrogen-bond donors (Lipinski definition) is 2. The summed E-state index contributed by atoms with van der Waals surface area (Å²) in [5.74, 6) is 2.60. The Bertz CT molecular complexity index is 730. The normalized spacial score (nSPS) is 35.9. The van der Waals surface area contributed by atoms with Crippen LogP contribution in [-0.2, 0) is 0 Å². The number of nitrogens with zero attached hydrogens (tertiary/aromatic N) is 2. The number of piperidine rings is 1. The highest BCUT2D eigenvalue weighted by Gasteiger charge is 2.50. The first kappa shape index (κ1) is 20.1. The van der Waals surface area contributed by atoms with Gasteiger partial charge in [0.25, 0.3) is 5.91 Å². The molecule has 0 aromatic carbocycles. The molecule has 1 amide bonds. The van der Waals surface area contributed by atoms with E-state index >= 15 is 0 Å². The van der Waals surface area contributed by atoms with Crippen LogP contribution in [0.4, 0.5) is 5.13 Å². The van der Waals surface area contributed by atoms with Crippen molar-refractivity contribution in [3.63, 3.8) is 0 Å². The van der Waals surface area contributed by atoms with Crippen molar-refractivity contribution in [2.24, 2.45) is 23.2 Å². The summed E-state index contributed by atoms with van der Waals surface area (Å²) in [6.45, 7) is 1.89. The van der Waals surface area contributed by atoms with E-state index in [4.69, 9.17) is 11.6 Å². The maximum Gasteiger partial charge on any atom is 0.264 e. The summed E-state index contributed by atoms with van der Waals surface area (Å²) >= 11 is 7.81. The molecular weight excluding hydrogens is 406 g/mol. The van der Waals surface area contributed by atoms with Gasteiger partial charge < -0.3 is 15.3 Å². The lowest BCUT2D eigenvalue weighted by molar-refractivity contribution is -0.0503. The van der Waals surface area contributed by atoms with Crippen molar-refractivity contribution < 1.29 is 9.90 Å². The number of aliphatic hydroxyl groups is 1. The predicted molar refractivity (Wildman–Crippen MR) is 117 cm³/mol. The van der Waals surface area contributed by atoms with Gasteiger partial charge in [0.05, 0.1) is 0 Å². The van der Waals surface area contributed by atoms with E-state index in [-0.39, 0.29) is 12.5 Å². The van der Waals surface area contributed by atoms with Crippen LogP contribution in [0.1, 0.15) is 73.9 Å². The van der Waals surface area contributed by atoms with Crippen LogP contribution in [0.3, 0.4) is 0 Å². The van der Waals surface area contributed by atoms with E-state index in [0.717, 1.165) is 55.2 Å². The second-order valence-corrected chi connectivity index (χ2v) is 11.4. The number of anilines is 1. The van der Waals surface area contributed by atoms with E-state index in [1.165, 1.54) is 56.3 Å². The van der Waals surface area contributed by atoms with E-state index in [9.17, 15) is 9.90 Å². The average molecular weight is 438 g/mol. The third-order valence-electron chi connectivity index (χ3n) is 7.90. The fourth-order valence-corrected chi connectivity index (χ4v) is 8.41. The van der Waals surface area contributed by atoms with Crippen molar-refractivity contribution >= 4 is 34.0 Å². The summed E-state index contributed by atoms with van der Waals surface area (Å²) in [5, 5.41) is 13.8. The van der Waals surface area contributed by atoms with Gasteiger partial charge in [0, 0.05) is 25.7 Å². The number of hydrogen-bond acceptors (Lipinski definition) is 5. The number of nitrogens with one attached hydrogen (secondary N) is 1. The highest BCUT2D eigenvalue weighted by atomic mass is 35.5. The number of amides is 1. The lowest BCUT2D eigenvalue weighted by Gasteiger charge is -2.56. The van der Waals surface area contributed by atoms with Crippen molar-refractivity contribution in [3.05, 3.63) is 10.0 Å². The van der Waals surface area contributed by atoms with Gasteiger partial charge in [0.2, 0.25) is 0 Å². The maximum atomic E-state index is 13.0. The summed E-state index contributed by atoms with van der Waals surface area (Å²) < 4.78 is 0. The third kappa shape index (κ3) is 3.92. The molecule has 1 saturated heterocycles. The van der Waals surface area contributed by atoms with Gasteiger partial charge >= 0.3 is 0 Å². The van der Waals surface area contributed by atoms with Crippen molar-refractivity contribution in [3.8, 4) is 0 Å². The Morgan fingerprint density at radius 2 is 1.90 bits per heavy atom. The lowest BCUT2D eigenvalue weighted by atomic mass is 9.49. The number of aliphatic hydroxyl groups excluding tert-OH is 1. The van der Waals surface area contributed by atoms with Crippen molar-refractivity contribution in [1.82, 2.24) is 10.3 Å². The van der Waals surface area contributed by atoms with E-state index in [1.807, 2.05) is 0 Å². The standard InChI is InChI=1S/C22H32ClN3O2S/c23-19-18(29-21(25-19)26-5-2-1-3-17(26)4-6-27)20(28)24-13-22-10-14-7-15(11-22)9-16(8-14)12-22/h14-17,27H,1-13H2,(H,24,28). The van der Waals surface area contributed by atoms with Crippen LogP contribution in [0.15, 0.2) is 0 Å². The number of carbonyl (C=O) groups is 1. The molecule has 0 radical (unpaired) electrons. The second kappa shape index (κ2) is 8.01. The summed E-state index contributed by atoms with van der Waals surface area (Å²) in [6.07, 6.45) is 12.2. The lowest BCUT2D eigenvalue weighted by Crippen LogP contribution is -2.51. The number of thiazole rings is 1. The molecule has 5 fully saturated rings. The summed E-state index contributed by atoms with van der Waals surface area (Å²) in [7, 11) is 0. The molecule has 2 N–H and O–H groups in total. The fraction of sp³-hybridized carbons (Fsp3) is 0.818. The summed E-state index contributed by atoms with van der Waals surface area (Å²) in [4.78, 5) is 20.3. The number of rotatable bonds is 6. The van der Waals surface area contributed by atoms with Gasteiger partial charge in [-0.3, -0.25) is 4.79 Å². The first-order valence-corrected chi connectivity index (χ1v) is 12.6. The SMILES string of the molecule is O=C(NCC12CC3CC(CC(C3)C1)C2)c1sc(N2CCCCC2CCO)nc1Cl. The molecule has 0 spiro atoms. The highest BCUT2D eigenvalue weighted by molar-refractivity contribution is 7.18. The van der Waals surface area contributed by atoms with Gasteiger partial charge in [0.15, 0.2) is 10.3 Å². The van der Waals surface area contributed by atoms with E-state index in [0.29, 0.717) is 21.5 Å². The molecule has 4 bridgehead atoms. The molecule has 1 unspecified atom stereocenters. The Hall–Kier alpha value is -0.850. The maximum absolute atomic E-state index is 13.0. The molecule has 4 aliphatic carbocycles. The predicted octanol–water partition coefficient (Wildman–Crippen LogP) is 4.48. The van der Waals surface area contributed by atoms with Gasteiger partial charge in [0.1, 0.15) is 4.88 Å². The first-order chi connectivity index (χ1) is 14.0. The first-order valence-electron chi connectivity index (χ1n) is 11.4. The van der Waals surface area contributed by atoms with E-state index in [2.05, 4.69) is 15.2 Å². The Morgan fingerprint density at radius 3 is 2.55 bits per heavy atom. The van der Waals surface area contributed by atoms with Crippen LogP contribution in [0.5, 0.6) is 0 Å². The van der Waals surface area contributed by atoms with Crippen molar-refractivity contribution in [2.75, 3.05) is 24.6 Å². The van der Waals surface area contributed by atoms with Crippen molar-refractivity contribution in [2.45, 2.75) is 70.3 Å². The Balaban J connectivity index is 1.26. The van der Waals surface area contributed by atoms with Gasteiger partial charge in [-0.2, -0.15) is 0 Å². The van der Waals surface area contributed by atoms with E-state index < -0.39 is 0 Å². The molecule has 29 heavy (non-hydrogen) atoms. The van der Waals surface area contributed by atoms with Crippen LogP contribution >= 0.6 is 22.9 Å². The van der Waals surface area contributed by atoms with Crippen LogP contribution in [0, 0.1) is 23.2 Å². The number of carbonyl (C=O) groups excluding carboxylic acids is 1. The van der Waals surface area contributed by atoms with Crippen LogP contribution in [-0.4, -0.2) is 41.7 Å². The fourth-order valence-electron chi connectivity index (χ4n) is 7.11. The Labute approximate surface area is 182 Å². The second-order valence-electron chi connectivity index (χ2n) is 10.1. The van der Waals surface area contributed by atoms with Gasteiger partial charge in [-0.05, 0) is 87.4 Å². The van der Waals surface area contributed by atoms with Crippen LogP contribution in [0.2, 0.25) is 5.15 Å². The zero-order valence-corrected chi connectivity index (χ0v) is 18.6.